The predicted molar refractivity (Wildman–Crippen MR) is 121 cm³/mol. The van der Waals surface area contributed by atoms with Gasteiger partial charge < -0.3 is 19.6 Å². The molecular weight excluding hydrogens is 414 g/mol. The van der Waals surface area contributed by atoms with Gasteiger partial charge in [0.25, 0.3) is 0 Å². The molecule has 1 unspecified atom stereocenters. The van der Waals surface area contributed by atoms with E-state index in [1.165, 1.54) is 5.56 Å². The minimum atomic E-state index is -0.0646. The van der Waals surface area contributed by atoms with Gasteiger partial charge in [0.05, 0.1) is 18.2 Å². The Morgan fingerprint density at radius 1 is 1.19 bits per heavy atom. The molecule has 0 radical (unpaired) electrons. The van der Waals surface area contributed by atoms with Crippen molar-refractivity contribution < 1.29 is 14.1 Å². The predicted octanol–water partition coefficient (Wildman–Crippen LogP) is 2.83. The van der Waals surface area contributed by atoms with Gasteiger partial charge in [0.2, 0.25) is 5.91 Å². The zero-order valence-electron chi connectivity index (χ0n) is 18.9. The maximum atomic E-state index is 12.8. The van der Waals surface area contributed by atoms with E-state index >= 15 is 0 Å². The molecule has 3 heterocycles. The summed E-state index contributed by atoms with van der Waals surface area (Å²) in [5, 5.41) is 11.3. The smallest absolute Gasteiger partial charge is 0.317 e. The fourth-order valence-corrected chi connectivity index (χ4v) is 4.77. The van der Waals surface area contributed by atoms with Crippen molar-refractivity contribution in [3.63, 3.8) is 0 Å². The molecule has 8 nitrogen and oxygen atoms in total. The molecule has 3 rings (SSSR count). The quantitative estimate of drug-likeness (QED) is 0.673. The number of urea groups is 1. The molecule has 1 fully saturated rings. The van der Waals surface area contributed by atoms with Gasteiger partial charge in [-0.15, -0.1) is 0 Å². The lowest BCUT2D eigenvalue weighted by Crippen LogP contribution is -2.54. The van der Waals surface area contributed by atoms with Crippen LogP contribution in [0.5, 0.6) is 0 Å². The molecule has 2 aromatic rings. The Morgan fingerprint density at radius 3 is 2.42 bits per heavy atom. The molecule has 1 saturated heterocycles. The third-order valence-corrected chi connectivity index (χ3v) is 6.76. The van der Waals surface area contributed by atoms with Gasteiger partial charge in [0.1, 0.15) is 5.76 Å². The zero-order chi connectivity index (χ0) is 22.4. The molecule has 0 aromatic carbocycles. The number of amides is 3. The third kappa shape index (κ3) is 5.65. The Bertz CT molecular complexity index is 835. The Hall–Kier alpha value is -2.39. The number of rotatable bonds is 8. The van der Waals surface area contributed by atoms with Gasteiger partial charge >= 0.3 is 6.03 Å². The van der Waals surface area contributed by atoms with Gasteiger partial charge in [0.15, 0.2) is 0 Å². The number of hydrogen-bond acceptors (Lipinski definition) is 6. The Kier molecular flexibility index (Phi) is 8.09. The van der Waals surface area contributed by atoms with Crippen molar-refractivity contribution in [2.24, 2.45) is 0 Å². The molecular formula is C22H33N5O3S. The van der Waals surface area contributed by atoms with Crippen molar-refractivity contribution >= 4 is 23.3 Å². The molecule has 0 saturated carbocycles. The van der Waals surface area contributed by atoms with Crippen LogP contribution in [0.2, 0.25) is 0 Å². The van der Waals surface area contributed by atoms with Gasteiger partial charge in [-0.2, -0.15) is 11.3 Å². The molecule has 0 aliphatic carbocycles. The highest BCUT2D eigenvalue weighted by atomic mass is 32.1. The Labute approximate surface area is 188 Å². The van der Waals surface area contributed by atoms with Crippen LogP contribution in [-0.4, -0.2) is 77.6 Å². The fourth-order valence-electron chi connectivity index (χ4n) is 4.06. The number of hydrogen-bond donors (Lipinski definition) is 1. The standard InChI is InChI=1S/C22H33N5O3S/c1-5-25(6-2)20(18-7-12-31-15-18)14-23-22(29)27-10-8-26(9-11-27)21(28)13-19-16(3)24-30-17(19)4/h7,12,15,20H,5-6,8-11,13-14H2,1-4H3,(H,23,29). The summed E-state index contributed by atoms with van der Waals surface area (Å²) in [6.07, 6.45) is 0.291. The minimum absolute atomic E-state index is 0.0495. The van der Waals surface area contributed by atoms with Crippen molar-refractivity contribution in [1.29, 1.82) is 0 Å². The number of carbonyl (C=O) groups excluding carboxylic acids is 2. The molecule has 2 aromatic heterocycles. The number of aromatic nitrogens is 1. The monoisotopic (exact) mass is 447 g/mol. The van der Waals surface area contributed by atoms with Crippen LogP contribution >= 0.6 is 11.3 Å². The molecule has 0 spiro atoms. The van der Waals surface area contributed by atoms with Gasteiger partial charge in [-0.05, 0) is 49.3 Å². The summed E-state index contributed by atoms with van der Waals surface area (Å²) >= 11 is 1.68. The van der Waals surface area contributed by atoms with Crippen molar-refractivity contribution in [1.82, 2.24) is 25.2 Å². The summed E-state index contributed by atoms with van der Waals surface area (Å²) < 4.78 is 5.15. The van der Waals surface area contributed by atoms with E-state index in [0.717, 1.165) is 24.3 Å². The number of likely N-dealkylation sites (N-methyl/N-ethyl adjacent to an activating group) is 1. The van der Waals surface area contributed by atoms with E-state index < -0.39 is 0 Å². The average Bonchev–Trinajstić information content (AvgIpc) is 3.42. The van der Waals surface area contributed by atoms with E-state index in [-0.39, 0.29) is 18.0 Å². The summed E-state index contributed by atoms with van der Waals surface area (Å²) in [7, 11) is 0. The highest BCUT2D eigenvalue weighted by Crippen LogP contribution is 2.22. The normalized spacial score (nSPS) is 15.4. The molecule has 3 amide bonds. The van der Waals surface area contributed by atoms with Crippen LogP contribution in [0.25, 0.3) is 0 Å². The van der Waals surface area contributed by atoms with Gasteiger partial charge in [-0.1, -0.05) is 19.0 Å². The van der Waals surface area contributed by atoms with Crippen LogP contribution < -0.4 is 5.32 Å². The van der Waals surface area contributed by atoms with Crippen LogP contribution in [0.15, 0.2) is 21.3 Å². The second-order valence-corrected chi connectivity index (χ2v) is 8.61. The highest BCUT2D eigenvalue weighted by molar-refractivity contribution is 7.07. The SMILES string of the molecule is CCN(CC)C(CNC(=O)N1CCN(C(=O)Cc2c(C)noc2C)CC1)c1ccsc1. The van der Waals surface area contributed by atoms with Crippen LogP contribution in [0, 0.1) is 13.8 Å². The van der Waals surface area contributed by atoms with Crippen molar-refractivity contribution in [3.8, 4) is 0 Å². The largest absolute Gasteiger partial charge is 0.361 e. The van der Waals surface area contributed by atoms with Crippen LogP contribution in [0.1, 0.15) is 42.5 Å². The zero-order valence-corrected chi connectivity index (χ0v) is 19.7. The van der Waals surface area contributed by atoms with E-state index in [1.807, 2.05) is 18.7 Å². The summed E-state index contributed by atoms with van der Waals surface area (Å²) in [6.45, 7) is 12.5. The Balaban J connectivity index is 1.50. The lowest BCUT2D eigenvalue weighted by molar-refractivity contribution is -0.131. The molecule has 1 aliphatic rings. The molecule has 9 heteroatoms. The van der Waals surface area contributed by atoms with Gasteiger partial charge in [0, 0.05) is 38.3 Å². The number of carbonyl (C=O) groups is 2. The molecule has 170 valence electrons. The first-order chi connectivity index (χ1) is 14.9. The first-order valence-electron chi connectivity index (χ1n) is 10.9. The van der Waals surface area contributed by atoms with E-state index in [0.29, 0.717) is 44.9 Å². The first kappa shape index (κ1) is 23.3. The summed E-state index contributed by atoms with van der Waals surface area (Å²) in [5.41, 5.74) is 2.86. The topological polar surface area (TPSA) is 81.9 Å². The van der Waals surface area contributed by atoms with Crippen molar-refractivity contribution in [2.45, 2.75) is 40.2 Å². The van der Waals surface area contributed by atoms with Gasteiger partial charge in [-0.3, -0.25) is 9.69 Å². The first-order valence-corrected chi connectivity index (χ1v) is 11.9. The second-order valence-electron chi connectivity index (χ2n) is 7.83. The maximum absolute atomic E-state index is 12.8. The lowest BCUT2D eigenvalue weighted by atomic mass is 10.1. The van der Waals surface area contributed by atoms with Gasteiger partial charge in [-0.25, -0.2) is 4.79 Å². The molecule has 1 aliphatic heterocycles. The van der Waals surface area contributed by atoms with E-state index in [2.05, 4.69) is 46.0 Å². The minimum Gasteiger partial charge on any atom is -0.361 e. The van der Waals surface area contributed by atoms with Crippen molar-refractivity contribution in [2.75, 3.05) is 45.8 Å². The molecule has 31 heavy (non-hydrogen) atoms. The lowest BCUT2D eigenvalue weighted by Gasteiger charge is -2.36. The fraction of sp³-hybridized carbons (Fsp3) is 0.591. The number of nitrogens with one attached hydrogen (secondary N) is 1. The number of piperazine rings is 1. The number of nitrogens with zero attached hydrogens (tertiary/aromatic N) is 4. The van der Waals surface area contributed by atoms with E-state index in [9.17, 15) is 9.59 Å². The molecule has 1 atom stereocenters. The number of aryl methyl sites for hydroxylation is 2. The molecule has 0 bridgehead atoms. The average molecular weight is 448 g/mol. The Morgan fingerprint density at radius 2 is 1.87 bits per heavy atom. The summed E-state index contributed by atoms with van der Waals surface area (Å²) in [6, 6.07) is 2.23. The highest BCUT2D eigenvalue weighted by Gasteiger charge is 2.26. The molecule has 1 N–H and O–H groups in total. The van der Waals surface area contributed by atoms with Crippen LogP contribution in [0.3, 0.4) is 0 Å². The summed E-state index contributed by atoms with van der Waals surface area (Å²) in [5.74, 6) is 0.741. The second kappa shape index (κ2) is 10.8. The third-order valence-electron chi connectivity index (χ3n) is 6.06. The maximum Gasteiger partial charge on any atom is 0.317 e. The van der Waals surface area contributed by atoms with E-state index in [1.54, 1.807) is 16.2 Å². The van der Waals surface area contributed by atoms with Crippen LogP contribution in [-0.2, 0) is 11.2 Å². The number of thiophene rings is 1. The van der Waals surface area contributed by atoms with E-state index in [4.69, 9.17) is 4.52 Å². The van der Waals surface area contributed by atoms with Crippen molar-refractivity contribution in [3.05, 3.63) is 39.4 Å². The summed E-state index contributed by atoms with van der Waals surface area (Å²) in [4.78, 5) is 31.4. The van der Waals surface area contributed by atoms with Crippen LogP contribution in [0.4, 0.5) is 4.79 Å².